The fraction of sp³-hybridized carbons (Fsp3) is 0.571. The van der Waals surface area contributed by atoms with E-state index in [0.717, 1.165) is 31.6 Å². The molecule has 0 bridgehead atoms. The molecule has 19 heavy (non-hydrogen) atoms. The van der Waals surface area contributed by atoms with Crippen molar-refractivity contribution in [1.82, 2.24) is 4.90 Å². The summed E-state index contributed by atoms with van der Waals surface area (Å²) in [6, 6.07) is 4.02. The highest BCUT2D eigenvalue weighted by Gasteiger charge is 2.21. The van der Waals surface area contributed by atoms with Gasteiger partial charge in [-0.3, -0.25) is 4.90 Å². The quantitative estimate of drug-likeness (QED) is 0.902. The zero-order valence-electron chi connectivity index (χ0n) is 11.1. The minimum absolute atomic E-state index is 0.230. The molecule has 5 heteroatoms. The summed E-state index contributed by atoms with van der Waals surface area (Å²) < 4.78 is 16.0. The molecule has 1 N–H and O–H groups in total. The van der Waals surface area contributed by atoms with Crippen LogP contribution in [0.5, 0.6) is 17.2 Å². The van der Waals surface area contributed by atoms with Crippen LogP contribution >= 0.6 is 0 Å². The van der Waals surface area contributed by atoms with Crippen LogP contribution < -0.4 is 9.47 Å². The molecule has 2 aliphatic heterocycles. The number of hydrogen-bond acceptors (Lipinski definition) is 5. The summed E-state index contributed by atoms with van der Waals surface area (Å²) in [5, 5.41) is 10.0. The van der Waals surface area contributed by atoms with E-state index in [4.69, 9.17) is 14.2 Å². The van der Waals surface area contributed by atoms with E-state index >= 15 is 0 Å². The smallest absolute Gasteiger partial charge is 0.231 e. The van der Waals surface area contributed by atoms with Crippen LogP contribution in [-0.2, 0) is 11.3 Å². The number of aromatic hydroxyl groups is 1. The van der Waals surface area contributed by atoms with Gasteiger partial charge in [-0.2, -0.15) is 0 Å². The molecule has 0 amide bonds. The molecule has 0 unspecified atom stereocenters. The topological polar surface area (TPSA) is 51.2 Å². The lowest BCUT2D eigenvalue weighted by atomic mass is 10.1. The monoisotopic (exact) mass is 265 g/mol. The van der Waals surface area contributed by atoms with Gasteiger partial charge in [0.05, 0.1) is 0 Å². The second-order valence-electron chi connectivity index (χ2n) is 5.09. The molecule has 1 fully saturated rings. The largest absolute Gasteiger partial charge is 0.507 e. The van der Waals surface area contributed by atoms with E-state index in [1.54, 1.807) is 6.07 Å². The van der Waals surface area contributed by atoms with E-state index in [9.17, 15) is 5.11 Å². The van der Waals surface area contributed by atoms with E-state index in [0.29, 0.717) is 24.1 Å². The van der Waals surface area contributed by atoms with E-state index < -0.39 is 0 Å². The number of phenols is 1. The van der Waals surface area contributed by atoms with E-state index in [1.807, 2.05) is 6.07 Å². The van der Waals surface area contributed by atoms with Gasteiger partial charge in [0.2, 0.25) is 6.79 Å². The van der Waals surface area contributed by atoms with Crippen molar-refractivity contribution in [2.24, 2.45) is 0 Å². The lowest BCUT2D eigenvalue weighted by Gasteiger charge is -2.31. The fourth-order valence-corrected chi connectivity index (χ4v) is 2.62. The average Bonchev–Trinajstić information content (AvgIpc) is 2.87. The van der Waals surface area contributed by atoms with E-state index in [1.165, 1.54) is 0 Å². The molecule has 3 rings (SSSR count). The minimum atomic E-state index is 0.230. The lowest BCUT2D eigenvalue weighted by Crippen LogP contribution is -2.36. The van der Waals surface area contributed by atoms with Gasteiger partial charge >= 0.3 is 0 Å². The zero-order valence-corrected chi connectivity index (χ0v) is 11.1. The highest BCUT2D eigenvalue weighted by Crippen LogP contribution is 2.38. The van der Waals surface area contributed by atoms with Crippen molar-refractivity contribution < 1.29 is 19.3 Å². The van der Waals surface area contributed by atoms with Crippen molar-refractivity contribution >= 4 is 0 Å². The summed E-state index contributed by atoms with van der Waals surface area (Å²) in [4.78, 5) is 2.26. The third-order valence-corrected chi connectivity index (χ3v) is 3.81. The number of nitrogens with zero attached hydrogens (tertiary/aromatic N) is 1. The summed E-state index contributed by atoms with van der Waals surface area (Å²) in [6.45, 7) is 2.57. The second-order valence-corrected chi connectivity index (χ2v) is 5.09. The molecule has 0 saturated carbocycles. The highest BCUT2D eigenvalue weighted by atomic mass is 16.7. The number of ether oxygens (including phenoxy) is 3. The van der Waals surface area contributed by atoms with Crippen LogP contribution in [0.2, 0.25) is 0 Å². The first-order chi connectivity index (χ1) is 9.24. The van der Waals surface area contributed by atoms with Crippen LogP contribution in [0.15, 0.2) is 12.1 Å². The molecule has 5 nitrogen and oxygen atoms in total. The molecule has 0 spiro atoms. The number of rotatable bonds is 3. The molecular weight excluding hydrogens is 246 g/mol. The van der Waals surface area contributed by atoms with Crippen molar-refractivity contribution in [1.29, 1.82) is 0 Å². The van der Waals surface area contributed by atoms with Gasteiger partial charge in [0.25, 0.3) is 0 Å². The fourth-order valence-electron chi connectivity index (χ4n) is 2.62. The van der Waals surface area contributed by atoms with Crippen LogP contribution in [0.4, 0.5) is 0 Å². The molecule has 1 saturated heterocycles. The van der Waals surface area contributed by atoms with Gasteiger partial charge in [-0.05, 0) is 26.0 Å². The molecule has 2 aliphatic rings. The Labute approximate surface area is 112 Å². The first-order valence-electron chi connectivity index (χ1n) is 6.63. The van der Waals surface area contributed by atoms with Gasteiger partial charge < -0.3 is 19.3 Å². The zero-order chi connectivity index (χ0) is 13.2. The van der Waals surface area contributed by atoms with Gasteiger partial charge in [0.15, 0.2) is 11.5 Å². The molecule has 1 aromatic carbocycles. The number of fused-ring (bicyclic) bond motifs is 1. The Balaban J connectivity index is 1.72. The standard InChI is InChI=1S/C14H19NO4/c1-15(11-2-4-17-5-3-11)8-10-6-13-14(7-12(10)16)19-9-18-13/h6-7,11,16H,2-5,8-9H2,1H3. The van der Waals surface area contributed by atoms with Crippen molar-refractivity contribution in [2.45, 2.75) is 25.4 Å². The van der Waals surface area contributed by atoms with Crippen LogP contribution in [0.1, 0.15) is 18.4 Å². The Kier molecular flexibility index (Phi) is 3.48. The Morgan fingerprint density at radius 3 is 2.63 bits per heavy atom. The maximum atomic E-state index is 10.0. The number of hydrogen-bond donors (Lipinski definition) is 1. The second kappa shape index (κ2) is 5.27. The number of phenolic OH excluding ortho intramolecular Hbond substituents is 1. The van der Waals surface area contributed by atoms with Crippen LogP contribution in [0, 0.1) is 0 Å². The summed E-state index contributed by atoms with van der Waals surface area (Å²) in [6.07, 6.45) is 2.09. The normalized spacial score (nSPS) is 19.1. The molecule has 0 radical (unpaired) electrons. The minimum Gasteiger partial charge on any atom is -0.507 e. The van der Waals surface area contributed by atoms with Crippen molar-refractivity contribution in [3.63, 3.8) is 0 Å². The molecule has 0 atom stereocenters. The highest BCUT2D eigenvalue weighted by molar-refractivity contribution is 5.51. The van der Waals surface area contributed by atoms with Gasteiger partial charge in [-0.15, -0.1) is 0 Å². The van der Waals surface area contributed by atoms with Crippen molar-refractivity contribution in [3.05, 3.63) is 17.7 Å². The predicted octanol–water partition coefficient (Wildman–Crippen LogP) is 1.73. The molecule has 104 valence electrons. The summed E-state index contributed by atoms with van der Waals surface area (Å²) in [5.41, 5.74) is 0.873. The van der Waals surface area contributed by atoms with Gasteiger partial charge in [-0.1, -0.05) is 0 Å². The first-order valence-corrected chi connectivity index (χ1v) is 6.63. The maximum absolute atomic E-state index is 10.0. The molecule has 1 aromatic rings. The lowest BCUT2D eigenvalue weighted by molar-refractivity contribution is 0.0405. The first kappa shape index (κ1) is 12.6. The Bertz CT molecular complexity index is 457. The molecular formula is C14H19NO4. The maximum Gasteiger partial charge on any atom is 0.231 e. The van der Waals surface area contributed by atoms with Gasteiger partial charge in [0, 0.05) is 37.4 Å². The van der Waals surface area contributed by atoms with Crippen LogP contribution in [-0.4, -0.2) is 43.1 Å². The van der Waals surface area contributed by atoms with Crippen molar-refractivity contribution in [3.8, 4) is 17.2 Å². The van der Waals surface area contributed by atoms with Gasteiger partial charge in [-0.25, -0.2) is 0 Å². The third-order valence-electron chi connectivity index (χ3n) is 3.81. The summed E-state index contributed by atoms with van der Waals surface area (Å²) >= 11 is 0. The summed E-state index contributed by atoms with van der Waals surface area (Å²) in [5.74, 6) is 1.60. The SMILES string of the molecule is CN(Cc1cc2c(cc1O)OCO2)C1CCOCC1. The Hall–Kier alpha value is -1.46. The van der Waals surface area contributed by atoms with Crippen molar-refractivity contribution in [2.75, 3.05) is 27.1 Å². The predicted molar refractivity (Wildman–Crippen MR) is 69.5 cm³/mol. The van der Waals surface area contributed by atoms with Crippen LogP contribution in [0.3, 0.4) is 0 Å². The number of benzene rings is 1. The van der Waals surface area contributed by atoms with E-state index in [2.05, 4.69) is 11.9 Å². The third kappa shape index (κ3) is 2.62. The Morgan fingerprint density at radius 1 is 1.21 bits per heavy atom. The molecule has 0 aromatic heterocycles. The summed E-state index contributed by atoms with van der Waals surface area (Å²) in [7, 11) is 2.08. The molecule has 2 heterocycles. The average molecular weight is 265 g/mol. The molecule has 0 aliphatic carbocycles. The van der Waals surface area contributed by atoms with Crippen LogP contribution in [0.25, 0.3) is 0 Å². The Morgan fingerprint density at radius 2 is 1.89 bits per heavy atom. The van der Waals surface area contributed by atoms with Gasteiger partial charge in [0.1, 0.15) is 5.75 Å². The van der Waals surface area contributed by atoms with E-state index in [-0.39, 0.29) is 12.5 Å².